The molecule has 0 radical (unpaired) electrons. The Balaban J connectivity index is 1.50. The summed E-state index contributed by atoms with van der Waals surface area (Å²) in [5, 5.41) is 3.25. The molecule has 2 heterocycles. The minimum absolute atomic E-state index is 0.0943. The summed E-state index contributed by atoms with van der Waals surface area (Å²) in [6.07, 6.45) is 0.0943. The molecule has 8 nitrogen and oxygen atoms in total. The number of carbonyl (C=O) groups is 1. The molecule has 0 spiro atoms. The first-order chi connectivity index (χ1) is 14.5. The zero-order valence-electron chi connectivity index (χ0n) is 17.0. The third-order valence-electron chi connectivity index (χ3n) is 5.29. The van der Waals surface area contributed by atoms with Crippen LogP contribution in [0.1, 0.15) is 19.2 Å². The predicted octanol–water partition coefficient (Wildman–Crippen LogP) is 2.11. The van der Waals surface area contributed by atoms with Crippen LogP contribution in [0.25, 0.3) is 21.8 Å². The molecule has 0 saturated heterocycles. The largest absolute Gasteiger partial charge is 0.338 e. The highest BCUT2D eigenvalue weighted by molar-refractivity contribution is 5.80. The predicted molar refractivity (Wildman–Crippen MR) is 115 cm³/mol. The van der Waals surface area contributed by atoms with Gasteiger partial charge in [0.25, 0.3) is 11.1 Å². The second-order valence-corrected chi connectivity index (χ2v) is 7.20. The van der Waals surface area contributed by atoms with E-state index in [0.29, 0.717) is 17.3 Å². The number of amides is 1. The van der Waals surface area contributed by atoms with E-state index in [2.05, 4.69) is 14.6 Å². The zero-order valence-corrected chi connectivity index (χ0v) is 17.0. The average molecular weight is 405 g/mol. The summed E-state index contributed by atoms with van der Waals surface area (Å²) in [5.74, 6) is 0.677. The number of para-hydroxylation sites is 2. The van der Waals surface area contributed by atoms with E-state index < -0.39 is 0 Å². The third-order valence-corrected chi connectivity index (χ3v) is 5.29. The van der Waals surface area contributed by atoms with E-state index in [-0.39, 0.29) is 30.0 Å². The van der Waals surface area contributed by atoms with Crippen molar-refractivity contribution in [2.24, 2.45) is 0 Å². The van der Waals surface area contributed by atoms with Crippen LogP contribution in [-0.2, 0) is 24.4 Å². The number of H-pyrrole nitrogens is 1. The highest BCUT2D eigenvalue weighted by Crippen LogP contribution is 2.17. The van der Waals surface area contributed by atoms with Crippen molar-refractivity contribution in [1.29, 1.82) is 0 Å². The van der Waals surface area contributed by atoms with E-state index in [1.54, 1.807) is 36.2 Å². The topological polar surface area (TPSA) is 93.0 Å². The molecule has 2 aromatic heterocycles. The quantitative estimate of drug-likeness (QED) is 0.532. The molecule has 4 aromatic rings. The first-order valence-corrected chi connectivity index (χ1v) is 9.89. The highest BCUT2D eigenvalue weighted by Gasteiger charge is 2.16. The molecule has 0 unspecified atom stereocenters. The maximum atomic E-state index is 12.7. The Hall–Kier alpha value is -3.68. The van der Waals surface area contributed by atoms with Gasteiger partial charge in [-0.25, -0.2) is 9.67 Å². The van der Waals surface area contributed by atoms with Crippen molar-refractivity contribution in [1.82, 2.24) is 24.2 Å². The van der Waals surface area contributed by atoms with Crippen molar-refractivity contribution in [3.05, 3.63) is 75.1 Å². The van der Waals surface area contributed by atoms with Gasteiger partial charge in [-0.3, -0.25) is 19.5 Å². The Labute approximate surface area is 172 Å². The first-order valence-electron chi connectivity index (χ1n) is 9.89. The van der Waals surface area contributed by atoms with Crippen LogP contribution in [0.3, 0.4) is 0 Å². The smallest absolute Gasteiger partial charge is 0.273 e. The zero-order chi connectivity index (χ0) is 21.3. The van der Waals surface area contributed by atoms with Gasteiger partial charge in [-0.1, -0.05) is 24.3 Å². The van der Waals surface area contributed by atoms with E-state index >= 15 is 0 Å². The van der Waals surface area contributed by atoms with Gasteiger partial charge in [0.15, 0.2) is 0 Å². The number of imidazole rings is 1. The fourth-order valence-electron chi connectivity index (χ4n) is 3.70. The highest BCUT2D eigenvalue weighted by atomic mass is 16.2. The Kier molecular flexibility index (Phi) is 5.22. The lowest BCUT2D eigenvalue weighted by molar-refractivity contribution is -0.130. The van der Waals surface area contributed by atoms with Crippen LogP contribution in [0.2, 0.25) is 0 Å². The van der Waals surface area contributed by atoms with Gasteiger partial charge in [0, 0.05) is 20.0 Å². The van der Waals surface area contributed by atoms with Crippen molar-refractivity contribution < 1.29 is 4.79 Å². The fourth-order valence-corrected chi connectivity index (χ4v) is 3.70. The number of fused-ring (bicyclic) bond motifs is 2. The summed E-state index contributed by atoms with van der Waals surface area (Å²) in [4.78, 5) is 43.7. The number of hydrogen-bond acceptors (Lipinski definition) is 4. The van der Waals surface area contributed by atoms with E-state index in [1.807, 2.05) is 31.2 Å². The van der Waals surface area contributed by atoms with Gasteiger partial charge in [0.2, 0.25) is 5.91 Å². The molecule has 0 fully saturated rings. The Morgan fingerprint density at radius 2 is 1.77 bits per heavy atom. The van der Waals surface area contributed by atoms with Gasteiger partial charge >= 0.3 is 0 Å². The maximum Gasteiger partial charge on any atom is 0.273 e. The molecule has 30 heavy (non-hydrogen) atoms. The number of nitrogens with zero attached hydrogens (tertiary/aromatic N) is 4. The molecule has 0 bridgehead atoms. The van der Waals surface area contributed by atoms with Crippen LogP contribution in [0.4, 0.5) is 0 Å². The normalized spacial score (nSPS) is 11.3. The summed E-state index contributed by atoms with van der Waals surface area (Å²) < 4.78 is 3.29. The lowest BCUT2D eigenvalue weighted by Crippen LogP contribution is -2.33. The van der Waals surface area contributed by atoms with Gasteiger partial charge in [0.1, 0.15) is 5.82 Å². The Bertz CT molecular complexity index is 1350. The molecule has 0 aliphatic heterocycles. The number of nitrogens with one attached hydrogen (secondary N) is 1. The maximum absolute atomic E-state index is 12.7. The van der Waals surface area contributed by atoms with E-state index in [4.69, 9.17) is 0 Å². The van der Waals surface area contributed by atoms with Gasteiger partial charge in [0.05, 0.1) is 34.9 Å². The number of hydrogen-bond donors (Lipinski definition) is 1. The molecule has 154 valence electrons. The fraction of sp³-hybridized carbons (Fsp3) is 0.273. The van der Waals surface area contributed by atoms with Crippen molar-refractivity contribution in [2.45, 2.75) is 33.0 Å². The number of rotatable bonds is 6. The standard InChI is InChI=1S/C22H23N5O3/c1-3-26-18-11-7-6-10-17(18)23-19(26)14-25(2)20(28)12-13-27-22(30)16-9-5-4-8-15(16)21(29)24-27/h4-11H,3,12-14H2,1-2H3,(H,24,29). The second-order valence-electron chi connectivity index (χ2n) is 7.20. The number of aromatic nitrogens is 4. The van der Waals surface area contributed by atoms with Crippen molar-refractivity contribution in [3.8, 4) is 0 Å². The van der Waals surface area contributed by atoms with Crippen LogP contribution in [0.15, 0.2) is 58.1 Å². The summed E-state index contributed by atoms with van der Waals surface area (Å²) in [6.45, 7) is 3.27. The summed E-state index contributed by atoms with van der Waals surface area (Å²) in [5.41, 5.74) is 1.28. The molecule has 0 saturated carbocycles. The summed E-state index contributed by atoms with van der Waals surface area (Å²) in [6, 6.07) is 14.5. The molecule has 1 N–H and O–H groups in total. The number of aromatic amines is 1. The number of carbonyl (C=O) groups excluding carboxylic acids is 1. The summed E-state index contributed by atoms with van der Waals surface area (Å²) >= 11 is 0. The van der Waals surface area contributed by atoms with E-state index in [9.17, 15) is 14.4 Å². The molecular formula is C22H23N5O3. The molecule has 1 amide bonds. The Morgan fingerprint density at radius 1 is 1.07 bits per heavy atom. The van der Waals surface area contributed by atoms with Crippen LogP contribution in [-0.4, -0.2) is 37.2 Å². The third kappa shape index (κ3) is 3.52. The van der Waals surface area contributed by atoms with E-state index in [1.165, 1.54) is 4.68 Å². The van der Waals surface area contributed by atoms with Crippen LogP contribution >= 0.6 is 0 Å². The molecule has 2 aromatic carbocycles. The minimum atomic E-state index is -0.345. The number of aryl methyl sites for hydroxylation is 2. The molecule has 0 atom stereocenters. The lowest BCUT2D eigenvalue weighted by Gasteiger charge is -2.18. The molecule has 0 aliphatic carbocycles. The number of benzene rings is 2. The lowest BCUT2D eigenvalue weighted by atomic mass is 10.2. The van der Waals surface area contributed by atoms with E-state index in [0.717, 1.165) is 23.4 Å². The SMILES string of the molecule is CCn1c(CN(C)C(=O)CCn2[nH]c(=O)c3ccccc3c2=O)nc2ccccc21. The average Bonchev–Trinajstić information content (AvgIpc) is 3.11. The molecule has 0 aliphatic rings. The van der Waals surface area contributed by atoms with Crippen LogP contribution < -0.4 is 11.1 Å². The van der Waals surface area contributed by atoms with Crippen molar-refractivity contribution >= 4 is 27.7 Å². The summed E-state index contributed by atoms with van der Waals surface area (Å²) in [7, 11) is 1.72. The van der Waals surface area contributed by atoms with Crippen LogP contribution in [0.5, 0.6) is 0 Å². The molecular weight excluding hydrogens is 382 g/mol. The van der Waals surface area contributed by atoms with Crippen molar-refractivity contribution in [2.75, 3.05) is 7.05 Å². The van der Waals surface area contributed by atoms with Crippen LogP contribution in [0, 0.1) is 0 Å². The minimum Gasteiger partial charge on any atom is -0.338 e. The molecule has 4 rings (SSSR count). The monoisotopic (exact) mass is 405 g/mol. The van der Waals surface area contributed by atoms with Gasteiger partial charge in [-0.2, -0.15) is 0 Å². The second kappa shape index (κ2) is 7.98. The van der Waals surface area contributed by atoms with Gasteiger partial charge in [-0.15, -0.1) is 0 Å². The van der Waals surface area contributed by atoms with Gasteiger partial charge < -0.3 is 9.47 Å². The Morgan fingerprint density at radius 3 is 2.53 bits per heavy atom. The first kappa shape index (κ1) is 19.6. The van der Waals surface area contributed by atoms with Crippen molar-refractivity contribution in [3.63, 3.8) is 0 Å². The van der Waals surface area contributed by atoms with Gasteiger partial charge in [-0.05, 0) is 31.2 Å². The molecule has 8 heteroatoms.